The van der Waals surface area contributed by atoms with Crippen molar-refractivity contribution in [2.24, 2.45) is 0 Å². The molecule has 4 heteroatoms. The zero-order valence-electron chi connectivity index (χ0n) is 10.9. The number of anilines is 1. The summed E-state index contributed by atoms with van der Waals surface area (Å²) in [6, 6.07) is 11.0. The van der Waals surface area contributed by atoms with E-state index in [0.29, 0.717) is 12.5 Å². The zero-order chi connectivity index (χ0) is 13.0. The number of hydrogen-bond donors (Lipinski definition) is 1. The first-order valence-corrected chi connectivity index (χ1v) is 6.26. The van der Waals surface area contributed by atoms with Crippen molar-refractivity contribution in [3.05, 3.63) is 24.3 Å². The highest BCUT2D eigenvalue weighted by atomic mass is 16.5. The number of ether oxygens (including phenoxy) is 1. The van der Waals surface area contributed by atoms with E-state index in [1.54, 1.807) is 7.11 Å². The molecule has 1 aromatic carbocycles. The number of nitriles is 1. The SMILES string of the molecule is COc1ccc(N2C(C)CNCC2CC#N)cc1. The van der Waals surface area contributed by atoms with E-state index in [0.717, 1.165) is 24.5 Å². The highest BCUT2D eigenvalue weighted by molar-refractivity contribution is 5.51. The van der Waals surface area contributed by atoms with E-state index in [4.69, 9.17) is 10.00 Å². The Morgan fingerprint density at radius 1 is 1.39 bits per heavy atom. The molecule has 1 aliphatic heterocycles. The lowest BCUT2D eigenvalue weighted by molar-refractivity contribution is 0.411. The number of nitrogens with zero attached hydrogens (tertiary/aromatic N) is 2. The molecule has 1 aromatic rings. The maximum absolute atomic E-state index is 8.93. The Morgan fingerprint density at radius 3 is 2.72 bits per heavy atom. The van der Waals surface area contributed by atoms with E-state index in [-0.39, 0.29) is 6.04 Å². The summed E-state index contributed by atoms with van der Waals surface area (Å²) in [5, 5.41) is 12.3. The van der Waals surface area contributed by atoms with Crippen LogP contribution in [0.2, 0.25) is 0 Å². The van der Waals surface area contributed by atoms with Gasteiger partial charge in [0.25, 0.3) is 0 Å². The molecule has 2 atom stereocenters. The summed E-state index contributed by atoms with van der Waals surface area (Å²) in [6.45, 7) is 4.00. The van der Waals surface area contributed by atoms with E-state index in [9.17, 15) is 0 Å². The molecule has 1 saturated heterocycles. The quantitative estimate of drug-likeness (QED) is 0.881. The van der Waals surface area contributed by atoms with Gasteiger partial charge in [-0.2, -0.15) is 5.26 Å². The highest BCUT2D eigenvalue weighted by Gasteiger charge is 2.27. The average Bonchev–Trinajstić information content (AvgIpc) is 2.40. The molecule has 96 valence electrons. The van der Waals surface area contributed by atoms with Crippen molar-refractivity contribution in [2.75, 3.05) is 25.1 Å². The molecule has 0 radical (unpaired) electrons. The maximum atomic E-state index is 8.93. The van der Waals surface area contributed by atoms with Gasteiger partial charge in [0.1, 0.15) is 5.75 Å². The molecular formula is C14H19N3O. The molecule has 0 aromatic heterocycles. The van der Waals surface area contributed by atoms with E-state index >= 15 is 0 Å². The van der Waals surface area contributed by atoms with Gasteiger partial charge in [-0.15, -0.1) is 0 Å². The summed E-state index contributed by atoms with van der Waals surface area (Å²) in [5.74, 6) is 0.860. The molecule has 0 saturated carbocycles. The number of benzene rings is 1. The summed E-state index contributed by atoms with van der Waals surface area (Å²) in [7, 11) is 1.67. The van der Waals surface area contributed by atoms with Crippen LogP contribution in [0.15, 0.2) is 24.3 Å². The second-order valence-corrected chi connectivity index (χ2v) is 4.63. The fourth-order valence-electron chi connectivity index (χ4n) is 2.51. The van der Waals surface area contributed by atoms with Crippen molar-refractivity contribution >= 4 is 5.69 Å². The largest absolute Gasteiger partial charge is 0.497 e. The Bertz CT molecular complexity index is 424. The third kappa shape index (κ3) is 2.57. The lowest BCUT2D eigenvalue weighted by Crippen LogP contribution is -2.56. The van der Waals surface area contributed by atoms with Crippen molar-refractivity contribution in [3.63, 3.8) is 0 Å². The normalized spacial score (nSPS) is 23.5. The van der Waals surface area contributed by atoms with E-state index in [1.165, 1.54) is 0 Å². The summed E-state index contributed by atoms with van der Waals surface area (Å²) in [5.41, 5.74) is 1.16. The molecule has 2 unspecified atom stereocenters. The smallest absolute Gasteiger partial charge is 0.119 e. The molecule has 2 rings (SSSR count). The molecule has 1 aliphatic rings. The monoisotopic (exact) mass is 245 g/mol. The Balaban J connectivity index is 2.22. The molecule has 18 heavy (non-hydrogen) atoms. The van der Waals surface area contributed by atoms with Crippen LogP contribution in [0.1, 0.15) is 13.3 Å². The summed E-state index contributed by atoms with van der Waals surface area (Å²) in [6.07, 6.45) is 0.545. The van der Waals surface area contributed by atoms with E-state index in [2.05, 4.69) is 35.3 Å². The zero-order valence-corrected chi connectivity index (χ0v) is 10.9. The van der Waals surface area contributed by atoms with Crippen molar-refractivity contribution in [3.8, 4) is 11.8 Å². The summed E-state index contributed by atoms with van der Waals surface area (Å²) >= 11 is 0. The number of piperazine rings is 1. The third-order valence-corrected chi connectivity index (χ3v) is 3.39. The topological polar surface area (TPSA) is 48.3 Å². The molecule has 1 heterocycles. The lowest BCUT2D eigenvalue weighted by atomic mass is 10.0. The fourth-order valence-corrected chi connectivity index (χ4v) is 2.51. The molecule has 0 spiro atoms. The highest BCUT2D eigenvalue weighted by Crippen LogP contribution is 2.25. The van der Waals surface area contributed by atoms with Gasteiger partial charge in [0.2, 0.25) is 0 Å². The molecule has 0 aliphatic carbocycles. The molecule has 1 N–H and O–H groups in total. The Morgan fingerprint density at radius 2 is 2.11 bits per heavy atom. The summed E-state index contributed by atoms with van der Waals surface area (Å²) in [4.78, 5) is 2.33. The Kier molecular flexibility index (Phi) is 4.06. The molecule has 1 fully saturated rings. The van der Waals surface area contributed by atoms with Gasteiger partial charge in [0, 0.05) is 24.8 Å². The minimum atomic E-state index is 0.243. The van der Waals surface area contributed by atoms with Gasteiger partial charge in [0.05, 0.1) is 25.6 Å². The van der Waals surface area contributed by atoms with Crippen LogP contribution in [0.3, 0.4) is 0 Å². The van der Waals surface area contributed by atoms with Crippen molar-refractivity contribution in [1.82, 2.24) is 5.32 Å². The molecule has 0 amide bonds. The first kappa shape index (κ1) is 12.7. The Labute approximate surface area is 108 Å². The van der Waals surface area contributed by atoms with Gasteiger partial charge in [-0.3, -0.25) is 0 Å². The minimum absolute atomic E-state index is 0.243. The number of rotatable bonds is 3. The van der Waals surface area contributed by atoms with Crippen molar-refractivity contribution in [1.29, 1.82) is 5.26 Å². The van der Waals surface area contributed by atoms with Gasteiger partial charge in [-0.1, -0.05) is 0 Å². The van der Waals surface area contributed by atoms with Crippen LogP contribution in [0.5, 0.6) is 5.75 Å². The number of nitrogens with one attached hydrogen (secondary N) is 1. The first-order valence-electron chi connectivity index (χ1n) is 6.26. The van der Waals surface area contributed by atoms with E-state index < -0.39 is 0 Å². The standard InChI is InChI=1S/C14H19N3O/c1-11-9-16-10-13(7-8-15)17(11)12-3-5-14(18-2)6-4-12/h3-6,11,13,16H,7,9-10H2,1-2H3. The van der Waals surface area contributed by atoms with Crippen LogP contribution in [-0.2, 0) is 0 Å². The van der Waals surface area contributed by atoms with Crippen LogP contribution in [0.4, 0.5) is 5.69 Å². The fraction of sp³-hybridized carbons (Fsp3) is 0.500. The van der Waals surface area contributed by atoms with E-state index in [1.807, 2.05) is 12.1 Å². The van der Waals surface area contributed by atoms with Gasteiger partial charge < -0.3 is 15.0 Å². The third-order valence-electron chi connectivity index (χ3n) is 3.39. The predicted molar refractivity (Wildman–Crippen MR) is 71.8 cm³/mol. The van der Waals surface area contributed by atoms with Crippen LogP contribution in [0.25, 0.3) is 0 Å². The molecule has 4 nitrogen and oxygen atoms in total. The van der Waals surface area contributed by atoms with Gasteiger partial charge >= 0.3 is 0 Å². The average molecular weight is 245 g/mol. The summed E-state index contributed by atoms with van der Waals surface area (Å²) < 4.78 is 5.17. The van der Waals surface area contributed by atoms with Crippen molar-refractivity contribution in [2.45, 2.75) is 25.4 Å². The second-order valence-electron chi connectivity index (χ2n) is 4.63. The van der Waals surface area contributed by atoms with Crippen LogP contribution < -0.4 is 15.0 Å². The van der Waals surface area contributed by atoms with Crippen LogP contribution in [-0.4, -0.2) is 32.3 Å². The number of hydrogen-bond acceptors (Lipinski definition) is 4. The molecule has 0 bridgehead atoms. The lowest BCUT2D eigenvalue weighted by Gasteiger charge is -2.42. The second kappa shape index (κ2) is 5.74. The minimum Gasteiger partial charge on any atom is -0.497 e. The van der Waals surface area contributed by atoms with Crippen LogP contribution >= 0.6 is 0 Å². The first-order chi connectivity index (χ1) is 8.76. The van der Waals surface area contributed by atoms with Gasteiger partial charge in [0.15, 0.2) is 0 Å². The van der Waals surface area contributed by atoms with Gasteiger partial charge in [-0.05, 0) is 31.2 Å². The number of methoxy groups -OCH3 is 1. The van der Waals surface area contributed by atoms with Crippen LogP contribution in [0, 0.1) is 11.3 Å². The Hall–Kier alpha value is -1.73. The predicted octanol–water partition coefficient (Wildman–Crippen LogP) is 1.78. The maximum Gasteiger partial charge on any atom is 0.119 e. The van der Waals surface area contributed by atoms with Gasteiger partial charge in [-0.25, -0.2) is 0 Å². The van der Waals surface area contributed by atoms with Crippen molar-refractivity contribution < 1.29 is 4.74 Å². The molecular weight excluding hydrogens is 226 g/mol.